The fraction of sp³-hybridized carbons (Fsp3) is 0.241. The Morgan fingerprint density at radius 2 is 1.85 bits per heavy atom. The van der Waals surface area contributed by atoms with Crippen molar-refractivity contribution >= 4 is 86.3 Å². The van der Waals surface area contributed by atoms with E-state index in [1.54, 1.807) is 41.4 Å². The number of nitrogens with zero attached hydrogens (tertiary/aromatic N) is 4. The Morgan fingerprint density at radius 3 is 2.61 bits per heavy atom. The fourth-order valence-corrected chi connectivity index (χ4v) is 7.35. The van der Waals surface area contributed by atoms with E-state index in [0.717, 1.165) is 62.5 Å². The van der Waals surface area contributed by atoms with Crippen molar-refractivity contribution in [3.63, 3.8) is 0 Å². The maximum absolute atomic E-state index is 11.8. The second-order valence-electron chi connectivity index (χ2n) is 9.71. The van der Waals surface area contributed by atoms with E-state index in [2.05, 4.69) is 28.0 Å². The smallest absolute Gasteiger partial charge is 0.219 e. The number of rotatable bonds is 7. The standard InChI is InChI=1S/C29H27N5O2S3.2ClH/c1-19(35)34-13-10-29(2,11-14-34)25-18-38-28(32-25)33-27-23(36-20-6-4-3-5-7-20)16-21(17-31-27)39-24-8-12-30-22-9-15-37-26(22)24;;/h3-9,12,15-18H,10-11,13-14H2,1-2H3,(H,31,32,33);2*1H. The Labute approximate surface area is 263 Å². The molecule has 41 heavy (non-hydrogen) atoms. The molecule has 1 aliphatic rings. The first-order valence-corrected chi connectivity index (χ1v) is 15.3. The summed E-state index contributed by atoms with van der Waals surface area (Å²) in [6.45, 7) is 5.40. The van der Waals surface area contributed by atoms with E-state index < -0.39 is 0 Å². The number of benzene rings is 1. The average molecular weight is 647 g/mol. The molecule has 0 atom stereocenters. The zero-order chi connectivity index (χ0) is 26.8. The van der Waals surface area contributed by atoms with Gasteiger partial charge in [-0.3, -0.25) is 9.78 Å². The normalized spacial score (nSPS) is 14.1. The van der Waals surface area contributed by atoms with Crippen molar-refractivity contribution in [2.45, 2.75) is 41.9 Å². The topological polar surface area (TPSA) is 80.2 Å². The van der Waals surface area contributed by atoms with Crippen LogP contribution in [-0.2, 0) is 10.2 Å². The van der Waals surface area contributed by atoms with Crippen molar-refractivity contribution in [2.75, 3.05) is 18.4 Å². The molecular weight excluding hydrogens is 617 g/mol. The second-order valence-corrected chi connectivity index (χ2v) is 12.6. The third kappa shape index (κ3) is 6.95. The number of pyridine rings is 2. The lowest BCUT2D eigenvalue weighted by Gasteiger charge is -2.38. The van der Waals surface area contributed by atoms with Gasteiger partial charge in [0.05, 0.1) is 15.9 Å². The monoisotopic (exact) mass is 645 g/mol. The lowest BCUT2D eigenvalue weighted by Crippen LogP contribution is -2.43. The Kier molecular flexibility index (Phi) is 10.1. The van der Waals surface area contributed by atoms with Gasteiger partial charge in [-0.25, -0.2) is 9.97 Å². The minimum atomic E-state index is -0.0582. The molecule has 5 aromatic rings. The number of para-hydroxylation sites is 1. The van der Waals surface area contributed by atoms with E-state index in [0.29, 0.717) is 11.6 Å². The van der Waals surface area contributed by atoms with Crippen LogP contribution in [0.4, 0.5) is 10.9 Å². The summed E-state index contributed by atoms with van der Waals surface area (Å²) in [6.07, 6.45) is 5.49. The number of hydrogen-bond donors (Lipinski definition) is 1. The van der Waals surface area contributed by atoms with Crippen molar-refractivity contribution in [1.29, 1.82) is 0 Å². The largest absolute Gasteiger partial charge is 0.453 e. The van der Waals surface area contributed by atoms with Crippen LogP contribution in [0.25, 0.3) is 10.2 Å². The van der Waals surface area contributed by atoms with Crippen LogP contribution in [0, 0.1) is 0 Å². The number of nitrogens with one attached hydrogen (secondary N) is 1. The van der Waals surface area contributed by atoms with Crippen molar-refractivity contribution in [2.24, 2.45) is 0 Å². The predicted octanol–water partition coefficient (Wildman–Crippen LogP) is 8.58. The molecule has 7 nitrogen and oxygen atoms in total. The van der Waals surface area contributed by atoms with Crippen LogP contribution in [0.1, 0.15) is 32.4 Å². The van der Waals surface area contributed by atoms with Crippen molar-refractivity contribution in [3.05, 3.63) is 77.4 Å². The third-order valence-electron chi connectivity index (χ3n) is 6.99. The molecule has 0 radical (unpaired) electrons. The van der Waals surface area contributed by atoms with Gasteiger partial charge in [0, 0.05) is 59.1 Å². The predicted molar refractivity (Wildman–Crippen MR) is 173 cm³/mol. The van der Waals surface area contributed by atoms with Gasteiger partial charge in [-0.1, -0.05) is 36.9 Å². The molecule has 1 fully saturated rings. The summed E-state index contributed by atoms with van der Waals surface area (Å²) in [7, 11) is 0. The lowest BCUT2D eigenvalue weighted by molar-refractivity contribution is -0.130. The van der Waals surface area contributed by atoms with E-state index >= 15 is 0 Å². The summed E-state index contributed by atoms with van der Waals surface area (Å²) < 4.78 is 7.46. The van der Waals surface area contributed by atoms with Gasteiger partial charge < -0.3 is 15.0 Å². The van der Waals surface area contributed by atoms with Crippen LogP contribution in [0.3, 0.4) is 0 Å². The van der Waals surface area contributed by atoms with Crippen LogP contribution in [-0.4, -0.2) is 38.8 Å². The number of halogens is 2. The molecule has 12 heteroatoms. The summed E-state index contributed by atoms with van der Waals surface area (Å²) >= 11 is 4.89. The van der Waals surface area contributed by atoms with Gasteiger partial charge in [0.25, 0.3) is 0 Å². The molecule has 214 valence electrons. The molecule has 1 saturated heterocycles. The van der Waals surface area contributed by atoms with Crippen LogP contribution >= 0.6 is 59.2 Å². The van der Waals surface area contributed by atoms with Crippen molar-refractivity contribution in [1.82, 2.24) is 19.9 Å². The number of piperidine rings is 1. The van der Waals surface area contributed by atoms with E-state index in [9.17, 15) is 4.79 Å². The molecule has 0 aliphatic carbocycles. The highest BCUT2D eigenvalue weighted by atomic mass is 35.5. The third-order valence-corrected chi connectivity index (χ3v) is 9.84. The summed E-state index contributed by atoms with van der Waals surface area (Å²) in [5.41, 5.74) is 1.99. The SMILES string of the molecule is CC(=O)N1CCC(C)(c2csc(Nc3ncc(Sc4ccnc5ccsc45)cc3Oc3ccccc3)n2)CC1.Cl.Cl. The average Bonchev–Trinajstić information content (AvgIpc) is 3.62. The van der Waals surface area contributed by atoms with Gasteiger partial charge in [0.1, 0.15) is 5.75 Å². The highest BCUT2D eigenvalue weighted by Gasteiger charge is 2.34. The number of anilines is 2. The Morgan fingerprint density at radius 1 is 1.07 bits per heavy atom. The highest BCUT2D eigenvalue weighted by Crippen LogP contribution is 2.41. The highest BCUT2D eigenvalue weighted by molar-refractivity contribution is 7.99. The summed E-state index contributed by atoms with van der Waals surface area (Å²) in [6, 6.07) is 15.8. The number of fused-ring (bicyclic) bond motifs is 1. The van der Waals surface area contributed by atoms with Crippen molar-refractivity contribution in [3.8, 4) is 11.5 Å². The van der Waals surface area contributed by atoms with Gasteiger partial charge >= 0.3 is 0 Å². The second kappa shape index (κ2) is 13.4. The first kappa shape index (κ1) is 31.1. The lowest BCUT2D eigenvalue weighted by atomic mass is 9.78. The van der Waals surface area contributed by atoms with E-state index in [1.807, 2.05) is 65.8 Å². The zero-order valence-electron chi connectivity index (χ0n) is 22.4. The molecule has 6 rings (SSSR count). The molecule has 0 spiro atoms. The molecule has 0 saturated carbocycles. The Balaban J connectivity index is 0.00000194. The molecule has 0 bridgehead atoms. The number of amides is 1. The molecule has 5 heterocycles. The van der Waals surface area contributed by atoms with Gasteiger partial charge in [0.15, 0.2) is 16.7 Å². The van der Waals surface area contributed by atoms with Gasteiger partial charge in [-0.15, -0.1) is 47.5 Å². The summed E-state index contributed by atoms with van der Waals surface area (Å²) in [5.74, 6) is 2.11. The van der Waals surface area contributed by atoms with E-state index in [4.69, 9.17) is 14.7 Å². The van der Waals surface area contributed by atoms with E-state index in [-0.39, 0.29) is 36.1 Å². The fourth-order valence-electron chi connectivity index (χ4n) is 4.61. The van der Waals surface area contributed by atoms with Gasteiger partial charge in [-0.05, 0) is 42.5 Å². The minimum absolute atomic E-state index is 0. The Bertz CT molecular complexity index is 1620. The van der Waals surface area contributed by atoms with Crippen molar-refractivity contribution < 1.29 is 9.53 Å². The zero-order valence-corrected chi connectivity index (χ0v) is 26.5. The van der Waals surface area contributed by atoms with Gasteiger partial charge in [0.2, 0.25) is 5.91 Å². The summed E-state index contributed by atoms with van der Waals surface area (Å²) in [5, 5.41) is 8.34. The molecule has 1 aliphatic heterocycles. The number of thiazole rings is 1. The molecule has 1 aromatic carbocycles. The number of carbonyl (C=O) groups excluding carboxylic acids is 1. The molecule has 1 N–H and O–H groups in total. The Hall–Kier alpha value is -2.89. The number of likely N-dealkylation sites (tertiary alicyclic amines) is 1. The molecular formula is C29H29Cl2N5O2S3. The van der Waals surface area contributed by atoms with Crippen LogP contribution < -0.4 is 10.1 Å². The summed E-state index contributed by atoms with van der Waals surface area (Å²) in [4.78, 5) is 29.9. The van der Waals surface area contributed by atoms with Gasteiger partial charge in [-0.2, -0.15) is 0 Å². The number of hydrogen-bond acceptors (Lipinski definition) is 9. The maximum atomic E-state index is 11.8. The number of thiophene rings is 1. The van der Waals surface area contributed by atoms with Crippen LogP contribution in [0.15, 0.2) is 81.5 Å². The molecule has 0 unspecified atom stereocenters. The quantitative estimate of drug-likeness (QED) is 0.190. The first-order valence-electron chi connectivity index (χ1n) is 12.7. The minimum Gasteiger partial charge on any atom is -0.453 e. The first-order chi connectivity index (χ1) is 19.0. The maximum Gasteiger partial charge on any atom is 0.219 e. The van der Waals surface area contributed by atoms with Crippen LogP contribution in [0.5, 0.6) is 11.5 Å². The van der Waals surface area contributed by atoms with Crippen LogP contribution in [0.2, 0.25) is 0 Å². The number of ether oxygens (including phenoxy) is 1. The molecule has 4 aromatic heterocycles. The number of aromatic nitrogens is 3. The number of carbonyl (C=O) groups is 1. The molecule has 1 amide bonds. The van der Waals surface area contributed by atoms with E-state index in [1.165, 1.54) is 0 Å².